The maximum Gasteiger partial charge on any atom is 0.0688 e. The first kappa shape index (κ1) is 11.6. The zero-order valence-electron chi connectivity index (χ0n) is 10.6. The Balaban J connectivity index is 2.36. The smallest absolute Gasteiger partial charge is 0.0688 e. The third-order valence-electron chi connectivity index (χ3n) is 2.96. The lowest BCUT2D eigenvalue weighted by atomic mass is 10.1. The minimum Gasteiger partial charge on any atom is -0.256 e. The lowest BCUT2D eigenvalue weighted by Gasteiger charge is -2.04. The number of aliphatic imine (C=N–C) groups is 1. The van der Waals surface area contributed by atoms with Crippen LogP contribution in [0.25, 0.3) is 0 Å². The van der Waals surface area contributed by atoms with Gasteiger partial charge in [-0.15, -0.1) is 0 Å². The second-order valence-corrected chi connectivity index (χ2v) is 4.36. The van der Waals surface area contributed by atoms with Gasteiger partial charge in [0.2, 0.25) is 0 Å². The fourth-order valence-electron chi connectivity index (χ4n) is 1.88. The van der Waals surface area contributed by atoms with E-state index in [0.717, 1.165) is 5.69 Å². The standard InChI is InChI=1S/C16H17N/c1-12-7-4-5-10-15(12)11-17-16-13(2)8-6-9-14(16)3/h4-11H,1-3H3/b17-11+. The van der Waals surface area contributed by atoms with Crippen LogP contribution < -0.4 is 0 Å². The van der Waals surface area contributed by atoms with E-state index >= 15 is 0 Å². The van der Waals surface area contributed by atoms with Gasteiger partial charge in [0.05, 0.1) is 5.69 Å². The molecular formula is C16H17N. The molecule has 0 aliphatic carbocycles. The van der Waals surface area contributed by atoms with Crippen LogP contribution in [0.4, 0.5) is 5.69 Å². The fourth-order valence-corrected chi connectivity index (χ4v) is 1.88. The van der Waals surface area contributed by atoms with Gasteiger partial charge in [-0.1, -0.05) is 42.5 Å². The molecule has 0 bridgehead atoms. The van der Waals surface area contributed by atoms with Gasteiger partial charge in [-0.05, 0) is 43.0 Å². The van der Waals surface area contributed by atoms with Crippen LogP contribution >= 0.6 is 0 Å². The lowest BCUT2D eigenvalue weighted by Crippen LogP contribution is -1.86. The molecule has 0 saturated carbocycles. The van der Waals surface area contributed by atoms with Crippen LogP contribution in [0.15, 0.2) is 47.5 Å². The van der Waals surface area contributed by atoms with Gasteiger partial charge < -0.3 is 0 Å². The maximum absolute atomic E-state index is 4.61. The second kappa shape index (κ2) is 4.96. The molecule has 0 spiro atoms. The van der Waals surface area contributed by atoms with Crippen LogP contribution in [0.5, 0.6) is 0 Å². The first-order valence-electron chi connectivity index (χ1n) is 5.84. The molecule has 2 rings (SSSR count). The van der Waals surface area contributed by atoms with Crippen LogP contribution in [0, 0.1) is 20.8 Å². The monoisotopic (exact) mass is 223 g/mol. The first-order chi connectivity index (χ1) is 8.18. The van der Waals surface area contributed by atoms with E-state index in [9.17, 15) is 0 Å². The van der Waals surface area contributed by atoms with Crippen LogP contribution in [0.1, 0.15) is 22.3 Å². The Morgan fingerprint density at radius 1 is 0.765 bits per heavy atom. The highest BCUT2D eigenvalue weighted by Gasteiger charge is 1.99. The van der Waals surface area contributed by atoms with Crippen molar-refractivity contribution in [3.63, 3.8) is 0 Å². The maximum atomic E-state index is 4.61. The molecule has 0 fully saturated rings. The van der Waals surface area contributed by atoms with Gasteiger partial charge in [-0.2, -0.15) is 0 Å². The van der Waals surface area contributed by atoms with Crippen LogP contribution in [-0.4, -0.2) is 6.21 Å². The van der Waals surface area contributed by atoms with Crippen LogP contribution in [0.2, 0.25) is 0 Å². The van der Waals surface area contributed by atoms with Crippen molar-refractivity contribution in [3.8, 4) is 0 Å². The third kappa shape index (κ3) is 2.62. The van der Waals surface area contributed by atoms with E-state index in [4.69, 9.17) is 0 Å². The average Bonchev–Trinajstić information content (AvgIpc) is 2.30. The molecule has 1 heteroatoms. The number of benzene rings is 2. The van der Waals surface area contributed by atoms with Crippen molar-refractivity contribution in [2.45, 2.75) is 20.8 Å². The molecule has 0 saturated heterocycles. The Hall–Kier alpha value is -1.89. The van der Waals surface area contributed by atoms with Crippen LogP contribution in [-0.2, 0) is 0 Å². The summed E-state index contributed by atoms with van der Waals surface area (Å²) >= 11 is 0. The van der Waals surface area contributed by atoms with E-state index in [1.165, 1.54) is 22.3 Å². The van der Waals surface area contributed by atoms with E-state index in [1.807, 2.05) is 18.3 Å². The minimum absolute atomic E-state index is 1.08. The highest BCUT2D eigenvalue weighted by molar-refractivity contribution is 5.84. The van der Waals surface area contributed by atoms with Gasteiger partial charge in [0, 0.05) is 6.21 Å². The molecule has 0 N–H and O–H groups in total. The van der Waals surface area contributed by atoms with Gasteiger partial charge in [-0.25, -0.2) is 0 Å². The van der Waals surface area contributed by atoms with E-state index in [2.05, 4.69) is 56.1 Å². The summed E-state index contributed by atoms with van der Waals surface area (Å²) < 4.78 is 0. The molecule has 0 radical (unpaired) electrons. The van der Waals surface area contributed by atoms with E-state index in [1.54, 1.807) is 0 Å². The topological polar surface area (TPSA) is 12.4 Å². The molecule has 0 aliphatic heterocycles. The van der Waals surface area contributed by atoms with Gasteiger partial charge in [0.1, 0.15) is 0 Å². The third-order valence-corrected chi connectivity index (χ3v) is 2.96. The van der Waals surface area contributed by atoms with Crippen molar-refractivity contribution in [1.82, 2.24) is 0 Å². The van der Waals surface area contributed by atoms with Gasteiger partial charge in [-0.3, -0.25) is 4.99 Å². The number of hydrogen-bond donors (Lipinski definition) is 0. The molecule has 0 amide bonds. The molecule has 1 nitrogen and oxygen atoms in total. The summed E-state index contributed by atoms with van der Waals surface area (Å²) in [5.74, 6) is 0. The number of hydrogen-bond acceptors (Lipinski definition) is 1. The van der Waals surface area contributed by atoms with Crippen LogP contribution in [0.3, 0.4) is 0 Å². The van der Waals surface area contributed by atoms with Crippen molar-refractivity contribution >= 4 is 11.9 Å². The lowest BCUT2D eigenvalue weighted by molar-refractivity contribution is 1.33. The molecule has 0 unspecified atom stereocenters. The molecule has 2 aromatic rings. The highest BCUT2D eigenvalue weighted by atomic mass is 14.7. The SMILES string of the molecule is Cc1ccccc1/C=N/c1c(C)cccc1C. The Morgan fingerprint density at radius 2 is 1.35 bits per heavy atom. The summed E-state index contributed by atoms with van der Waals surface area (Å²) in [4.78, 5) is 4.61. The van der Waals surface area contributed by atoms with Crippen molar-refractivity contribution in [2.75, 3.05) is 0 Å². The predicted octanol–water partition coefficient (Wildman–Crippen LogP) is 4.36. The molecule has 86 valence electrons. The van der Waals surface area contributed by atoms with Gasteiger partial charge >= 0.3 is 0 Å². The molecule has 0 atom stereocenters. The first-order valence-corrected chi connectivity index (χ1v) is 5.84. The molecule has 0 heterocycles. The van der Waals surface area contributed by atoms with Crippen molar-refractivity contribution < 1.29 is 0 Å². The summed E-state index contributed by atoms with van der Waals surface area (Å²) in [5, 5.41) is 0. The van der Waals surface area contributed by atoms with Gasteiger partial charge in [0.15, 0.2) is 0 Å². The molecule has 0 aromatic heterocycles. The number of nitrogens with zero attached hydrogens (tertiary/aromatic N) is 1. The largest absolute Gasteiger partial charge is 0.256 e. The Labute approximate surface area is 103 Å². The summed E-state index contributed by atoms with van der Waals surface area (Å²) in [6.45, 7) is 6.29. The van der Waals surface area contributed by atoms with Gasteiger partial charge in [0.25, 0.3) is 0 Å². The average molecular weight is 223 g/mol. The zero-order valence-corrected chi connectivity index (χ0v) is 10.6. The minimum atomic E-state index is 1.08. The fraction of sp³-hybridized carbons (Fsp3) is 0.188. The molecular weight excluding hydrogens is 206 g/mol. The Morgan fingerprint density at radius 3 is 2.00 bits per heavy atom. The highest BCUT2D eigenvalue weighted by Crippen LogP contribution is 2.22. The number of para-hydroxylation sites is 1. The zero-order chi connectivity index (χ0) is 12.3. The molecule has 2 aromatic carbocycles. The normalized spacial score (nSPS) is 11.0. The summed E-state index contributed by atoms with van der Waals surface area (Å²) in [5.41, 5.74) is 5.94. The number of rotatable bonds is 2. The van der Waals surface area contributed by atoms with E-state index in [-0.39, 0.29) is 0 Å². The second-order valence-electron chi connectivity index (χ2n) is 4.36. The van der Waals surface area contributed by atoms with E-state index < -0.39 is 0 Å². The summed E-state index contributed by atoms with van der Waals surface area (Å²) in [6.07, 6.45) is 1.95. The van der Waals surface area contributed by atoms with Crippen molar-refractivity contribution in [3.05, 3.63) is 64.7 Å². The van der Waals surface area contributed by atoms with E-state index in [0.29, 0.717) is 0 Å². The molecule has 0 aliphatic rings. The summed E-state index contributed by atoms with van der Waals surface area (Å²) in [6, 6.07) is 14.5. The Bertz CT molecular complexity index is 533. The van der Waals surface area contributed by atoms with Crippen molar-refractivity contribution in [2.24, 2.45) is 4.99 Å². The quantitative estimate of drug-likeness (QED) is 0.671. The predicted molar refractivity (Wildman–Crippen MR) is 74.3 cm³/mol. The van der Waals surface area contributed by atoms with Crippen molar-refractivity contribution in [1.29, 1.82) is 0 Å². The summed E-state index contributed by atoms with van der Waals surface area (Å²) in [7, 11) is 0. The number of aryl methyl sites for hydroxylation is 3. The Kier molecular flexibility index (Phi) is 3.38. The molecule has 17 heavy (non-hydrogen) atoms.